The molecule has 0 heterocycles. The highest BCUT2D eigenvalue weighted by molar-refractivity contribution is 5.82. The van der Waals surface area contributed by atoms with Crippen LogP contribution in [0.25, 0.3) is 11.6 Å². The fourth-order valence-electron chi connectivity index (χ4n) is 3.62. The number of alkyl halides is 3. The molecular formula is C40H66F3NO. The number of unbranched alkanes of at least 4 members (excludes halogenated alkanes) is 1. The van der Waals surface area contributed by atoms with Gasteiger partial charge in [0.05, 0.1) is 12.1 Å². The summed E-state index contributed by atoms with van der Waals surface area (Å²) in [5, 5.41) is 0. The number of allylic oxidation sites excluding steroid dienone is 10. The van der Waals surface area contributed by atoms with E-state index in [2.05, 4.69) is 27.4 Å². The normalized spacial score (nSPS) is 12.2. The van der Waals surface area contributed by atoms with E-state index in [-0.39, 0.29) is 17.9 Å². The first kappa shape index (κ1) is 49.0. The fraction of sp³-hybridized carbons (Fsp3) is 0.525. The molecule has 2 N–H and O–H groups in total. The number of hydrogen-bond donors (Lipinski definition) is 1. The van der Waals surface area contributed by atoms with Crippen LogP contribution < -0.4 is 5.73 Å². The van der Waals surface area contributed by atoms with Crippen molar-refractivity contribution >= 4 is 17.4 Å². The monoisotopic (exact) mass is 634 g/mol. The van der Waals surface area contributed by atoms with Crippen LogP contribution in [0, 0.1) is 0 Å². The Morgan fingerprint density at radius 2 is 1.33 bits per heavy atom. The summed E-state index contributed by atoms with van der Waals surface area (Å²) in [5.74, 6) is 0.0324. The van der Waals surface area contributed by atoms with Crippen LogP contribution in [-0.4, -0.2) is 18.5 Å². The van der Waals surface area contributed by atoms with Crippen LogP contribution in [0.15, 0.2) is 83.5 Å². The second-order valence-electron chi connectivity index (χ2n) is 10.1. The number of hydrogen-bond acceptors (Lipinski definition) is 2. The highest BCUT2D eigenvalue weighted by Crippen LogP contribution is 2.43. The molecule has 0 aliphatic carbocycles. The molecule has 1 rings (SSSR count). The Labute approximate surface area is 276 Å². The van der Waals surface area contributed by atoms with Crippen molar-refractivity contribution in [2.45, 2.75) is 134 Å². The van der Waals surface area contributed by atoms with Gasteiger partial charge in [-0.25, -0.2) is 0 Å². The zero-order valence-electron chi connectivity index (χ0n) is 30.8. The van der Waals surface area contributed by atoms with Gasteiger partial charge in [-0.2, -0.15) is 13.2 Å². The minimum absolute atomic E-state index is 0.0324. The molecule has 0 unspecified atom stereocenters. The number of halogens is 3. The number of ketones is 1. The second kappa shape index (κ2) is 32.5. The maximum atomic E-state index is 14.5. The molecular weight excluding hydrogens is 567 g/mol. The van der Waals surface area contributed by atoms with Crippen molar-refractivity contribution in [2.75, 3.05) is 6.54 Å². The van der Waals surface area contributed by atoms with Crippen molar-refractivity contribution in [2.24, 2.45) is 5.73 Å². The number of carbonyl (C=O) groups is 1. The Kier molecular flexibility index (Phi) is 35.3. The molecule has 0 saturated heterocycles. The van der Waals surface area contributed by atoms with E-state index in [1.807, 2.05) is 85.8 Å². The van der Waals surface area contributed by atoms with Crippen LogP contribution >= 0.6 is 0 Å². The quantitative estimate of drug-likeness (QED) is 0.184. The topological polar surface area (TPSA) is 43.1 Å². The molecule has 0 atom stereocenters. The highest BCUT2D eigenvalue weighted by atomic mass is 19.4. The van der Waals surface area contributed by atoms with Gasteiger partial charge in [-0.1, -0.05) is 147 Å². The fourth-order valence-corrected chi connectivity index (χ4v) is 3.62. The maximum absolute atomic E-state index is 14.5. The Morgan fingerprint density at radius 1 is 0.844 bits per heavy atom. The number of benzene rings is 1. The third-order valence-corrected chi connectivity index (χ3v) is 6.10. The zero-order chi connectivity index (χ0) is 35.8. The first-order valence-electron chi connectivity index (χ1n) is 16.6. The van der Waals surface area contributed by atoms with E-state index in [1.165, 1.54) is 25.8 Å². The molecule has 0 radical (unpaired) electrons. The van der Waals surface area contributed by atoms with Gasteiger partial charge in [0.2, 0.25) is 0 Å². The predicted molar refractivity (Wildman–Crippen MR) is 197 cm³/mol. The molecule has 1 aromatic carbocycles. The average molecular weight is 634 g/mol. The van der Waals surface area contributed by atoms with E-state index in [9.17, 15) is 18.0 Å². The zero-order valence-corrected chi connectivity index (χ0v) is 30.8. The molecule has 258 valence electrons. The number of nitrogens with two attached hydrogens (primary N) is 1. The molecule has 0 bridgehead atoms. The van der Waals surface area contributed by atoms with Crippen LogP contribution in [0.3, 0.4) is 0 Å². The van der Waals surface area contributed by atoms with E-state index < -0.39 is 11.7 Å². The standard InChI is InChI=1S/C27H35F3.C4H10.C4H8.C3H7NO.C2H6/c1-7-13-20(5)18-19-23(21(6)14-8-2)25(15-9-3)26(27(28,29)30)24-17-12-11-16-22(24)10-4;2*1-3-4-2;1-3(5)2-4;1-2/h10-12,14,16-19H,4,7-9,13,15H2,1-3,5-6H3;3-4H2,1-2H3;3-4H,1-2H3;2,4H2,1H3;1-2H3/b20-18-,21-14-,23-19+,26-25-;;4-3-;;. The molecule has 0 amide bonds. The smallest absolute Gasteiger partial charge is 0.324 e. The van der Waals surface area contributed by atoms with Crippen molar-refractivity contribution in [3.63, 3.8) is 0 Å². The van der Waals surface area contributed by atoms with Crippen molar-refractivity contribution in [1.29, 1.82) is 0 Å². The third-order valence-electron chi connectivity index (χ3n) is 6.10. The van der Waals surface area contributed by atoms with Gasteiger partial charge in [-0.05, 0) is 81.7 Å². The lowest BCUT2D eigenvalue weighted by Gasteiger charge is -2.22. The maximum Gasteiger partial charge on any atom is 0.417 e. The first-order valence-corrected chi connectivity index (χ1v) is 16.6. The SMILES string of the molecule is C/C=C\C.C=Cc1ccccc1/C(=C(CCC)/C(=C/C=C(/C)CCC)C(/C)=C\CC)C(F)(F)F.CC.CC(=O)CN.CCCC. The minimum Gasteiger partial charge on any atom is -0.324 e. The molecule has 0 aromatic heterocycles. The van der Waals surface area contributed by atoms with Crippen LogP contribution in [-0.2, 0) is 4.79 Å². The van der Waals surface area contributed by atoms with E-state index in [1.54, 1.807) is 24.3 Å². The number of rotatable bonds is 12. The summed E-state index contributed by atoms with van der Waals surface area (Å²) < 4.78 is 43.4. The van der Waals surface area contributed by atoms with Gasteiger partial charge in [0, 0.05) is 0 Å². The van der Waals surface area contributed by atoms with Gasteiger partial charge >= 0.3 is 6.18 Å². The molecule has 5 heteroatoms. The lowest BCUT2D eigenvalue weighted by Crippen LogP contribution is -2.16. The van der Waals surface area contributed by atoms with Gasteiger partial charge < -0.3 is 5.73 Å². The molecule has 1 aromatic rings. The second-order valence-corrected chi connectivity index (χ2v) is 10.1. The molecule has 0 saturated carbocycles. The summed E-state index contributed by atoms with van der Waals surface area (Å²) in [5.41, 5.74) is 8.00. The largest absolute Gasteiger partial charge is 0.417 e. The summed E-state index contributed by atoms with van der Waals surface area (Å²) in [4.78, 5) is 9.69. The summed E-state index contributed by atoms with van der Waals surface area (Å²) in [6, 6.07) is 6.62. The third kappa shape index (κ3) is 25.0. The lowest BCUT2D eigenvalue weighted by atomic mass is 9.85. The molecule has 0 aliphatic rings. The van der Waals surface area contributed by atoms with Gasteiger partial charge in [0.15, 0.2) is 0 Å². The van der Waals surface area contributed by atoms with E-state index >= 15 is 0 Å². The Balaban J connectivity index is -0.000000465. The van der Waals surface area contributed by atoms with E-state index in [0.717, 1.165) is 30.4 Å². The van der Waals surface area contributed by atoms with Crippen LogP contribution in [0.4, 0.5) is 13.2 Å². The predicted octanol–water partition coefficient (Wildman–Crippen LogP) is 13.4. The van der Waals surface area contributed by atoms with Gasteiger partial charge in [0.25, 0.3) is 0 Å². The van der Waals surface area contributed by atoms with Gasteiger partial charge in [-0.3, -0.25) is 4.79 Å². The van der Waals surface area contributed by atoms with Gasteiger partial charge in [-0.15, -0.1) is 0 Å². The van der Waals surface area contributed by atoms with Crippen LogP contribution in [0.1, 0.15) is 139 Å². The molecule has 45 heavy (non-hydrogen) atoms. The average Bonchev–Trinajstić information content (AvgIpc) is 3.02. The molecule has 0 fully saturated rings. The molecule has 0 spiro atoms. The van der Waals surface area contributed by atoms with Crippen molar-refractivity contribution < 1.29 is 18.0 Å². The van der Waals surface area contributed by atoms with Crippen molar-refractivity contribution in [3.05, 3.63) is 94.6 Å². The Bertz CT molecular complexity index is 1050. The van der Waals surface area contributed by atoms with E-state index in [4.69, 9.17) is 5.73 Å². The number of carbonyl (C=O) groups excluding carboxylic acids is 1. The lowest BCUT2D eigenvalue weighted by molar-refractivity contribution is -0.115. The summed E-state index contributed by atoms with van der Waals surface area (Å²) in [6.07, 6.45) is 13.2. The van der Waals surface area contributed by atoms with E-state index in [0.29, 0.717) is 29.6 Å². The van der Waals surface area contributed by atoms with Crippen molar-refractivity contribution in [1.82, 2.24) is 0 Å². The number of Topliss-reactive ketones (excluding diaryl/α,β-unsaturated/α-hetero) is 1. The minimum atomic E-state index is -4.47. The Hall–Kier alpha value is -2.92. The summed E-state index contributed by atoms with van der Waals surface area (Å²) in [7, 11) is 0. The molecule has 0 aliphatic heterocycles. The van der Waals surface area contributed by atoms with Crippen LogP contribution in [0.5, 0.6) is 0 Å². The van der Waals surface area contributed by atoms with Gasteiger partial charge in [0.1, 0.15) is 5.78 Å². The summed E-state index contributed by atoms with van der Waals surface area (Å²) in [6.45, 7) is 27.7. The molecule has 2 nitrogen and oxygen atoms in total. The summed E-state index contributed by atoms with van der Waals surface area (Å²) >= 11 is 0. The highest BCUT2D eigenvalue weighted by Gasteiger charge is 2.38. The van der Waals surface area contributed by atoms with Crippen LogP contribution in [0.2, 0.25) is 0 Å². The first-order chi connectivity index (χ1) is 21.3. The van der Waals surface area contributed by atoms with Crippen molar-refractivity contribution in [3.8, 4) is 0 Å². The Morgan fingerprint density at radius 3 is 1.69 bits per heavy atom.